The summed E-state index contributed by atoms with van der Waals surface area (Å²) in [4.78, 5) is 27.9. The van der Waals surface area contributed by atoms with Crippen molar-refractivity contribution in [1.29, 1.82) is 0 Å². The molecular formula is C25H22ClF2N3O4. The van der Waals surface area contributed by atoms with Crippen molar-refractivity contribution in [3.8, 4) is 5.75 Å². The number of benzene rings is 2. The number of rotatable bonds is 4. The third-order valence-electron chi connectivity index (χ3n) is 6.63. The normalized spacial score (nSPS) is 17.9. The van der Waals surface area contributed by atoms with Gasteiger partial charge in [-0.1, -0.05) is 35.9 Å². The summed E-state index contributed by atoms with van der Waals surface area (Å²) in [6, 6.07) is 9.52. The Morgan fingerprint density at radius 3 is 2.74 bits per heavy atom. The first-order valence-corrected chi connectivity index (χ1v) is 11.6. The summed E-state index contributed by atoms with van der Waals surface area (Å²) in [5, 5.41) is 23.4. The molecule has 2 bridgehead atoms. The maximum Gasteiger partial charge on any atom is 0.279 e. The van der Waals surface area contributed by atoms with Crippen LogP contribution in [0.15, 0.2) is 47.4 Å². The minimum absolute atomic E-state index is 0.0118. The summed E-state index contributed by atoms with van der Waals surface area (Å²) in [5.41, 5.74) is 0.541. The van der Waals surface area contributed by atoms with E-state index >= 15 is 0 Å². The molecule has 5 rings (SSSR count). The number of fused-ring (bicyclic) bond motifs is 6. The largest absolute Gasteiger partial charge is 0.503 e. The van der Waals surface area contributed by atoms with Crippen molar-refractivity contribution in [3.05, 3.63) is 91.9 Å². The number of nitrogens with one attached hydrogen (secondary N) is 1. The zero-order chi connectivity index (χ0) is 24.9. The van der Waals surface area contributed by atoms with Crippen molar-refractivity contribution in [2.45, 2.75) is 38.1 Å². The van der Waals surface area contributed by atoms with E-state index in [4.69, 9.17) is 11.6 Å². The first-order chi connectivity index (χ1) is 16.8. The highest BCUT2D eigenvalue weighted by Crippen LogP contribution is 2.36. The molecule has 10 heteroatoms. The topological polar surface area (TPSA) is 94.8 Å². The van der Waals surface area contributed by atoms with E-state index in [-0.39, 0.29) is 29.4 Å². The van der Waals surface area contributed by atoms with E-state index in [0.717, 1.165) is 30.2 Å². The Labute approximate surface area is 204 Å². The molecule has 182 valence electrons. The first-order valence-electron chi connectivity index (χ1n) is 11.2. The Balaban J connectivity index is 1.49. The number of carbonyl (C=O) groups excluding carboxylic acids is 1. The number of amides is 1. The van der Waals surface area contributed by atoms with Gasteiger partial charge in [0.15, 0.2) is 11.4 Å². The van der Waals surface area contributed by atoms with E-state index in [9.17, 15) is 28.6 Å². The Bertz CT molecular complexity index is 1390. The molecule has 2 atom stereocenters. The predicted octanol–water partition coefficient (Wildman–Crippen LogP) is 3.80. The van der Waals surface area contributed by atoms with Crippen LogP contribution in [0.3, 0.4) is 0 Å². The number of halogens is 3. The van der Waals surface area contributed by atoms with E-state index in [1.54, 1.807) is 9.47 Å². The second kappa shape index (κ2) is 9.07. The van der Waals surface area contributed by atoms with Gasteiger partial charge in [-0.25, -0.2) is 8.78 Å². The molecule has 0 spiro atoms. The maximum absolute atomic E-state index is 14.2. The molecule has 1 aromatic heterocycles. The first kappa shape index (κ1) is 23.5. The van der Waals surface area contributed by atoms with E-state index in [0.29, 0.717) is 13.0 Å². The van der Waals surface area contributed by atoms with Crippen LogP contribution in [-0.4, -0.2) is 27.2 Å². The molecule has 7 nitrogen and oxygen atoms in total. The summed E-state index contributed by atoms with van der Waals surface area (Å²) in [6.07, 6.45) is 2.08. The van der Waals surface area contributed by atoms with Crippen LogP contribution in [0.5, 0.6) is 5.75 Å². The molecule has 35 heavy (non-hydrogen) atoms. The lowest BCUT2D eigenvalue weighted by Gasteiger charge is -2.39. The smallest absolute Gasteiger partial charge is 0.279 e. The summed E-state index contributed by atoms with van der Waals surface area (Å²) < 4.78 is 29.2. The molecule has 2 aliphatic heterocycles. The number of anilines is 1. The van der Waals surface area contributed by atoms with Gasteiger partial charge in [0.1, 0.15) is 22.9 Å². The summed E-state index contributed by atoms with van der Waals surface area (Å²) in [7, 11) is 0. The van der Waals surface area contributed by atoms with Crippen LogP contribution in [0.2, 0.25) is 5.02 Å². The highest BCUT2D eigenvalue weighted by Gasteiger charge is 2.37. The van der Waals surface area contributed by atoms with Crippen molar-refractivity contribution in [3.63, 3.8) is 0 Å². The molecule has 0 aliphatic carbocycles. The Morgan fingerprint density at radius 1 is 1.17 bits per heavy atom. The molecule has 0 radical (unpaired) electrons. The van der Waals surface area contributed by atoms with Crippen molar-refractivity contribution >= 4 is 23.2 Å². The van der Waals surface area contributed by atoms with E-state index in [2.05, 4.69) is 5.32 Å². The fourth-order valence-electron chi connectivity index (χ4n) is 4.81. The molecule has 0 fully saturated rings. The molecule has 1 unspecified atom stereocenters. The van der Waals surface area contributed by atoms with Gasteiger partial charge in [-0.2, -0.15) is 0 Å². The predicted molar refractivity (Wildman–Crippen MR) is 126 cm³/mol. The number of pyridine rings is 1. The Morgan fingerprint density at radius 2 is 1.94 bits per heavy atom. The molecule has 3 aromatic rings. The van der Waals surface area contributed by atoms with Gasteiger partial charge in [0.05, 0.1) is 11.6 Å². The number of para-hydroxylation sites is 1. The van der Waals surface area contributed by atoms with Crippen molar-refractivity contribution in [1.82, 2.24) is 9.88 Å². The maximum atomic E-state index is 14.2. The second-order valence-corrected chi connectivity index (χ2v) is 9.10. The fourth-order valence-corrected chi connectivity index (χ4v) is 5.00. The second-order valence-electron chi connectivity index (χ2n) is 8.73. The fraction of sp³-hybridized carbons (Fsp3) is 0.280. The summed E-state index contributed by atoms with van der Waals surface area (Å²) in [6.45, 7) is 0.0925. The van der Waals surface area contributed by atoms with Crippen molar-refractivity contribution in [2.75, 3.05) is 11.4 Å². The van der Waals surface area contributed by atoms with Crippen molar-refractivity contribution in [2.24, 2.45) is 0 Å². The number of aliphatic hydroxyl groups is 1. The quantitative estimate of drug-likeness (QED) is 0.373. The van der Waals surface area contributed by atoms with Gasteiger partial charge in [-0.15, -0.1) is 0 Å². The van der Waals surface area contributed by atoms with E-state index in [1.165, 1.54) is 12.3 Å². The van der Waals surface area contributed by atoms with Gasteiger partial charge in [-0.3, -0.25) is 14.9 Å². The zero-order valence-corrected chi connectivity index (χ0v) is 19.2. The lowest BCUT2D eigenvalue weighted by molar-refractivity contribution is 0.0942. The number of carbonyl (C=O) groups is 1. The monoisotopic (exact) mass is 501 g/mol. The molecule has 2 aromatic carbocycles. The van der Waals surface area contributed by atoms with Crippen LogP contribution in [0.4, 0.5) is 14.5 Å². The molecule has 0 saturated heterocycles. The van der Waals surface area contributed by atoms with Crippen LogP contribution in [0.1, 0.15) is 52.3 Å². The lowest BCUT2D eigenvalue weighted by Crippen LogP contribution is -2.46. The van der Waals surface area contributed by atoms with E-state index < -0.39 is 40.0 Å². The Hall–Kier alpha value is -3.27. The van der Waals surface area contributed by atoms with E-state index in [1.807, 2.05) is 24.3 Å². The van der Waals surface area contributed by atoms with Crippen LogP contribution in [0, 0.1) is 11.6 Å². The molecule has 3 heterocycles. The average Bonchev–Trinajstić information content (AvgIpc) is 2.84. The molecular weight excluding hydrogens is 480 g/mol. The van der Waals surface area contributed by atoms with Gasteiger partial charge in [-0.05, 0) is 37.0 Å². The number of nitrogens with zero attached hydrogens (tertiary/aromatic N) is 2. The molecule has 1 amide bonds. The van der Waals surface area contributed by atoms with Gasteiger partial charge < -0.3 is 19.7 Å². The van der Waals surface area contributed by atoms with Gasteiger partial charge in [0, 0.05) is 30.5 Å². The number of aliphatic hydroxyl groups excluding tert-OH is 1. The van der Waals surface area contributed by atoms with Crippen LogP contribution >= 0.6 is 11.6 Å². The SMILES string of the molecule is O=C1c2c(O)c(=O)c(C(O)NCc3ccc(F)c(Cl)c3F)cn2[C@@H]2CCCc3ccccc3N1C2. The minimum Gasteiger partial charge on any atom is -0.503 e. The highest BCUT2D eigenvalue weighted by atomic mass is 35.5. The lowest BCUT2D eigenvalue weighted by atomic mass is 9.95. The Kier molecular flexibility index (Phi) is 6.08. The summed E-state index contributed by atoms with van der Waals surface area (Å²) >= 11 is 5.60. The standard InChI is InChI=1S/C25H22ClF2N3O4/c26-19-17(27)9-8-14(20(19)28)10-29-24(34)16-12-30-15-6-3-5-13-4-1-2-7-18(13)31(11-15)25(35)21(30)23(33)22(16)32/h1-2,4,7-9,12,15,24,29,33-34H,3,5-6,10-11H2/t15-,24?/m1/s1. The third-order valence-corrected chi connectivity index (χ3v) is 6.98. The van der Waals surface area contributed by atoms with Crippen molar-refractivity contribution < 1.29 is 23.8 Å². The number of hydrogen-bond donors (Lipinski definition) is 3. The zero-order valence-electron chi connectivity index (χ0n) is 18.5. The minimum atomic E-state index is -1.59. The summed E-state index contributed by atoms with van der Waals surface area (Å²) in [5.74, 6) is -3.14. The van der Waals surface area contributed by atoms with Crippen LogP contribution in [0.25, 0.3) is 0 Å². The van der Waals surface area contributed by atoms with Gasteiger partial charge >= 0.3 is 0 Å². The number of hydrogen-bond acceptors (Lipinski definition) is 5. The molecule has 2 aliphatic rings. The average molecular weight is 502 g/mol. The highest BCUT2D eigenvalue weighted by molar-refractivity contribution is 6.30. The molecule has 0 saturated carbocycles. The van der Waals surface area contributed by atoms with Crippen LogP contribution < -0.4 is 15.6 Å². The van der Waals surface area contributed by atoms with Gasteiger partial charge in [0.2, 0.25) is 5.43 Å². The number of aromatic hydroxyl groups is 1. The third kappa shape index (κ3) is 3.99. The number of aryl methyl sites for hydroxylation is 1. The molecule has 3 N–H and O–H groups in total. The van der Waals surface area contributed by atoms with Crippen LogP contribution in [-0.2, 0) is 13.0 Å². The number of aromatic nitrogens is 1. The van der Waals surface area contributed by atoms with Gasteiger partial charge in [0.25, 0.3) is 5.91 Å².